The summed E-state index contributed by atoms with van der Waals surface area (Å²) in [4.78, 5) is 4.08. The van der Waals surface area contributed by atoms with Crippen LogP contribution in [-0.2, 0) is 13.0 Å². The molecule has 0 unspecified atom stereocenters. The van der Waals surface area contributed by atoms with Crippen molar-refractivity contribution in [1.82, 2.24) is 14.8 Å². The van der Waals surface area contributed by atoms with Gasteiger partial charge in [-0.15, -0.1) is 5.10 Å². The van der Waals surface area contributed by atoms with Crippen LogP contribution in [0.25, 0.3) is 5.69 Å². The van der Waals surface area contributed by atoms with E-state index in [1.165, 1.54) is 5.56 Å². The fraction of sp³-hybridized carbons (Fsp3) is 0.273. The fourth-order valence-electron chi connectivity index (χ4n) is 1.40. The van der Waals surface area contributed by atoms with E-state index >= 15 is 0 Å². The molecule has 0 atom stereocenters. The summed E-state index contributed by atoms with van der Waals surface area (Å²) in [6.45, 7) is 2.51. The van der Waals surface area contributed by atoms with Gasteiger partial charge in [0.15, 0.2) is 5.82 Å². The summed E-state index contributed by atoms with van der Waals surface area (Å²) in [5.74, 6) is 0.662. The summed E-state index contributed by atoms with van der Waals surface area (Å²) >= 11 is 0. The van der Waals surface area contributed by atoms with Crippen molar-refractivity contribution in [1.29, 1.82) is 0 Å². The van der Waals surface area contributed by atoms with E-state index in [2.05, 4.69) is 29.1 Å². The van der Waals surface area contributed by atoms with E-state index in [1.54, 1.807) is 11.0 Å². The molecule has 0 fully saturated rings. The Hall–Kier alpha value is -1.68. The third kappa shape index (κ3) is 2.05. The van der Waals surface area contributed by atoms with Crippen molar-refractivity contribution in [2.75, 3.05) is 0 Å². The van der Waals surface area contributed by atoms with Gasteiger partial charge in [0.25, 0.3) is 0 Å². The van der Waals surface area contributed by atoms with Gasteiger partial charge in [-0.25, -0.2) is 9.67 Å². The summed E-state index contributed by atoms with van der Waals surface area (Å²) in [6.07, 6.45) is 2.73. The Morgan fingerprint density at radius 3 is 2.53 bits per heavy atom. The minimum atomic E-state index is 0.375. The summed E-state index contributed by atoms with van der Waals surface area (Å²) in [5, 5.41) is 4.24. The van der Waals surface area contributed by atoms with E-state index < -0.39 is 0 Å². The van der Waals surface area contributed by atoms with E-state index in [9.17, 15) is 0 Å². The van der Waals surface area contributed by atoms with E-state index in [0.717, 1.165) is 12.1 Å². The van der Waals surface area contributed by atoms with Gasteiger partial charge in [-0.3, -0.25) is 0 Å². The average Bonchev–Trinajstić information content (AvgIpc) is 2.78. The van der Waals surface area contributed by atoms with Crippen LogP contribution in [0.3, 0.4) is 0 Å². The van der Waals surface area contributed by atoms with Gasteiger partial charge in [0, 0.05) is 0 Å². The van der Waals surface area contributed by atoms with Crippen molar-refractivity contribution in [2.45, 2.75) is 19.9 Å². The minimum absolute atomic E-state index is 0.375. The molecule has 0 aliphatic rings. The standard InChI is InChI=1S/C11H14N4/c1-2-9-3-5-10(6-4-9)15-8-13-11(7-12)14-15/h3-6,8H,2,7,12H2,1H3. The van der Waals surface area contributed by atoms with Crippen molar-refractivity contribution in [3.8, 4) is 5.69 Å². The number of nitrogens with two attached hydrogens (primary N) is 1. The SMILES string of the molecule is CCc1ccc(-n2cnc(CN)n2)cc1. The second-order valence-corrected chi connectivity index (χ2v) is 3.33. The second-order valence-electron chi connectivity index (χ2n) is 3.33. The smallest absolute Gasteiger partial charge is 0.164 e. The molecule has 2 N–H and O–H groups in total. The Labute approximate surface area is 88.8 Å². The topological polar surface area (TPSA) is 56.7 Å². The first-order valence-corrected chi connectivity index (χ1v) is 5.03. The number of aromatic nitrogens is 3. The largest absolute Gasteiger partial charge is 0.324 e. The molecule has 0 aliphatic carbocycles. The van der Waals surface area contributed by atoms with Crippen LogP contribution in [-0.4, -0.2) is 14.8 Å². The number of benzene rings is 1. The lowest BCUT2D eigenvalue weighted by Crippen LogP contribution is -2.01. The predicted octanol–water partition coefficient (Wildman–Crippen LogP) is 1.29. The molecule has 78 valence electrons. The van der Waals surface area contributed by atoms with Gasteiger partial charge in [-0.05, 0) is 24.1 Å². The van der Waals surface area contributed by atoms with Gasteiger partial charge in [0.1, 0.15) is 6.33 Å². The predicted molar refractivity (Wildman–Crippen MR) is 58.6 cm³/mol. The highest BCUT2D eigenvalue weighted by Gasteiger charge is 2.00. The number of aryl methyl sites for hydroxylation is 1. The molecule has 0 aliphatic heterocycles. The molecule has 0 spiro atoms. The highest BCUT2D eigenvalue weighted by atomic mass is 15.3. The molecule has 0 saturated carbocycles. The van der Waals surface area contributed by atoms with Crippen LogP contribution < -0.4 is 5.73 Å². The van der Waals surface area contributed by atoms with E-state index in [-0.39, 0.29) is 0 Å². The minimum Gasteiger partial charge on any atom is -0.324 e. The van der Waals surface area contributed by atoms with E-state index in [1.807, 2.05) is 12.1 Å². The van der Waals surface area contributed by atoms with Gasteiger partial charge in [0.2, 0.25) is 0 Å². The maximum Gasteiger partial charge on any atom is 0.164 e. The van der Waals surface area contributed by atoms with Crippen LogP contribution in [0.2, 0.25) is 0 Å². The van der Waals surface area contributed by atoms with Crippen molar-refractivity contribution in [2.24, 2.45) is 5.73 Å². The number of rotatable bonds is 3. The lowest BCUT2D eigenvalue weighted by atomic mass is 10.1. The maximum atomic E-state index is 5.45. The summed E-state index contributed by atoms with van der Waals surface area (Å²) < 4.78 is 1.74. The fourth-order valence-corrected chi connectivity index (χ4v) is 1.40. The Morgan fingerprint density at radius 1 is 1.27 bits per heavy atom. The Kier molecular flexibility index (Phi) is 2.78. The normalized spacial score (nSPS) is 10.5. The lowest BCUT2D eigenvalue weighted by Gasteiger charge is -2.01. The van der Waals surface area contributed by atoms with Crippen LogP contribution in [0.4, 0.5) is 0 Å². The van der Waals surface area contributed by atoms with Crippen LogP contribution in [0, 0.1) is 0 Å². The van der Waals surface area contributed by atoms with Crippen LogP contribution in [0.5, 0.6) is 0 Å². The molecule has 2 rings (SSSR count). The Bertz CT molecular complexity index is 430. The van der Waals surface area contributed by atoms with Crippen molar-refractivity contribution in [3.05, 3.63) is 42.0 Å². The molecule has 1 heterocycles. The van der Waals surface area contributed by atoms with Gasteiger partial charge < -0.3 is 5.73 Å². The molecule has 2 aromatic rings. The molecule has 4 heteroatoms. The second kappa shape index (κ2) is 4.23. The third-order valence-corrected chi connectivity index (χ3v) is 2.33. The maximum absolute atomic E-state index is 5.45. The first kappa shape index (κ1) is 9.86. The van der Waals surface area contributed by atoms with Crippen LogP contribution in [0.1, 0.15) is 18.3 Å². The van der Waals surface area contributed by atoms with Crippen molar-refractivity contribution < 1.29 is 0 Å². The quantitative estimate of drug-likeness (QED) is 0.815. The highest BCUT2D eigenvalue weighted by Crippen LogP contribution is 2.08. The molecule has 15 heavy (non-hydrogen) atoms. The summed E-state index contributed by atoms with van der Waals surface area (Å²) in [5.41, 5.74) is 7.78. The van der Waals surface area contributed by atoms with Crippen molar-refractivity contribution in [3.63, 3.8) is 0 Å². The lowest BCUT2D eigenvalue weighted by molar-refractivity contribution is 0.830. The zero-order valence-electron chi connectivity index (χ0n) is 8.72. The average molecular weight is 202 g/mol. The van der Waals surface area contributed by atoms with Gasteiger partial charge in [-0.1, -0.05) is 19.1 Å². The van der Waals surface area contributed by atoms with E-state index in [4.69, 9.17) is 5.73 Å². The third-order valence-electron chi connectivity index (χ3n) is 2.33. The molecule has 0 radical (unpaired) electrons. The summed E-state index contributed by atoms with van der Waals surface area (Å²) in [6, 6.07) is 8.26. The zero-order valence-corrected chi connectivity index (χ0v) is 8.72. The molecule has 1 aromatic carbocycles. The van der Waals surface area contributed by atoms with Gasteiger partial charge >= 0.3 is 0 Å². The van der Waals surface area contributed by atoms with Gasteiger partial charge in [0.05, 0.1) is 12.2 Å². The number of hydrogen-bond acceptors (Lipinski definition) is 3. The highest BCUT2D eigenvalue weighted by molar-refractivity contribution is 5.33. The van der Waals surface area contributed by atoms with Crippen LogP contribution >= 0.6 is 0 Å². The Morgan fingerprint density at radius 2 is 2.00 bits per heavy atom. The molecule has 0 amide bonds. The molecule has 4 nitrogen and oxygen atoms in total. The Balaban J connectivity index is 2.28. The summed E-state index contributed by atoms with van der Waals surface area (Å²) in [7, 11) is 0. The molecular weight excluding hydrogens is 188 g/mol. The zero-order chi connectivity index (χ0) is 10.7. The van der Waals surface area contributed by atoms with E-state index in [0.29, 0.717) is 12.4 Å². The molecule has 0 bridgehead atoms. The van der Waals surface area contributed by atoms with Gasteiger partial charge in [-0.2, -0.15) is 0 Å². The van der Waals surface area contributed by atoms with Crippen LogP contribution in [0.15, 0.2) is 30.6 Å². The number of nitrogens with zero attached hydrogens (tertiary/aromatic N) is 3. The molecular formula is C11H14N4. The molecule has 0 saturated heterocycles. The molecule has 1 aromatic heterocycles. The number of hydrogen-bond donors (Lipinski definition) is 1. The first-order chi connectivity index (χ1) is 7.33. The first-order valence-electron chi connectivity index (χ1n) is 5.03. The van der Waals surface area contributed by atoms with Crippen molar-refractivity contribution >= 4 is 0 Å². The monoisotopic (exact) mass is 202 g/mol.